The van der Waals surface area contributed by atoms with Gasteiger partial charge in [0.15, 0.2) is 0 Å². The van der Waals surface area contributed by atoms with E-state index < -0.39 is 17.9 Å². The van der Waals surface area contributed by atoms with Gasteiger partial charge in [-0.15, -0.1) is 0 Å². The van der Waals surface area contributed by atoms with E-state index in [1.807, 2.05) is 0 Å². The Balaban J connectivity index is 1.93. The molecular weight excluding hydrogens is 476 g/mol. The summed E-state index contributed by atoms with van der Waals surface area (Å²) < 4.78 is 15.4. The van der Waals surface area contributed by atoms with Gasteiger partial charge in [-0.25, -0.2) is 9.59 Å². The summed E-state index contributed by atoms with van der Waals surface area (Å²) in [6, 6.07) is 17.3. The molecule has 190 valence electrons. The molecule has 37 heavy (non-hydrogen) atoms. The second kappa shape index (κ2) is 11.0. The molecule has 0 radical (unpaired) electrons. The zero-order valence-corrected chi connectivity index (χ0v) is 20.5. The van der Waals surface area contributed by atoms with Crippen LogP contribution in [0.3, 0.4) is 0 Å². The number of esters is 2. The largest absolute Gasteiger partial charge is 0.466 e. The highest BCUT2D eigenvalue weighted by Gasteiger charge is 2.43. The molecule has 0 aromatic heterocycles. The van der Waals surface area contributed by atoms with E-state index in [0.29, 0.717) is 43.1 Å². The number of hydrogen-bond acceptors (Lipinski definition) is 9. The van der Waals surface area contributed by atoms with Gasteiger partial charge in [-0.2, -0.15) is 5.26 Å². The number of allylic oxidation sites excluding steroid dienone is 1. The molecule has 0 bridgehead atoms. The van der Waals surface area contributed by atoms with Crippen LogP contribution in [0.1, 0.15) is 21.8 Å². The van der Waals surface area contributed by atoms with Crippen molar-refractivity contribution >= 4 is 23.5 Å². The van der Waals surface area contributed by atoms with Crippen LogP contribution in [-0.2, 0) is 23.8 Å². The van der Waals surface area contributed by atoms with Gasteiger partial charge in [0.2, 0.25) is 0 Å². The van der Waals surface area contributed by atoms with E-state index >= 15 is 0 Å². The molecule has 2 aliphatic heterocycles. The van der Waals surface area contributed by atoms with E-state index in [-0.39, 0.29) is 28.6 Å². The molecule has 2 heterocycles. The molecule has 1 fully saturated rings. The van der Waals surface area contributed by atoms with Gasteiger partial charge in [-0.1, -0.05) is 36.4 Å². The van der Waals surface area contributed by atoms with Crippen LogP contribution < -0.4 is 10.6 Å². The minimum Gasteiger partial charge on any atom is -0.466 e. The minimum atomic E-state index is -0.970. The summed E-state index contributed by atoms with van der Waals surface area (Å²) in [6.45, 7) is 1.78. The Kier molecular flexibility index (Phi) is 7.55. The molecule has 1 unspecified atom stereocenters. The number of rotatable bonds is 5. The molecule has 2 N–H and O–H groups in total. The minimum absolute atomic E-state index is 0.0455. The molecule has 2 aromatic rings. The molecule has 2 aliphatic rings. The van der Waals surface area contributed by atoms with Crippen molar-refractivity contribution in [3.8, 4) is 6.07 Å². The number of nitrogens with two attached hydrogens (primary N) is 1. The van der Waals surface area contributed by atoms with E-state index in [1.165, 1.54) is 19.1 Å². The second-order valence-electron chi connectivity index (χ2n) is 8.29. The highest BCUT2D eigenvalue weighted by atomic mass is 16.5. The van der Waals surface area contributed by atoms with Gasteiger partial charge in [-0.3, -0.25) is 9.69 Å². The normalized spacial score (nSPS) is 17.8. The van der Waals surface area contributed by atoms with E-state index in [0.717, 1.165) is 0 Å². The monoisotopic (exact) mass is 502 g/mol. The average molecular weight is 503 g/mol. The van der Waals surface area contributed by atoms with Crippen LogP contribution in [-0.4, -0.2) is 63.3 Å². The standard InChI is InChI=1S/C27H26N4O6/c1-35-26(33)22-21(17-7-4-3-5-8-17)20(16-28)24(29)31(23(22)27(34)36-2)19-10-6-9-18(15-19)25(32)30-11-13-37-14-12-30/h3-10,15,21H,11-14,29H2,1-2H3. The van der Waals surface area contributed by atoms with Crippen LogP contribution in [0.15, 0.2) is 77.3 Å². The summed E-state index contributed by atoms with van der Waals surface area (Å²) in [5.41, 5.74) is 7.49. The summed E-state index contributed by atoms with van der Waals surface area (Å²) in [5.74, 6) is -2.93. The van der Waals surface area contributed by atoms with Gasteiger partial charge in [0.05, 0.1) is 50.6 Å². The van der Waals surface area contributed by atoms with Crippen LogP contribution >= 0.6 is 0 Å². The van der Waals surface area contributed by atoms with Gasteiger partial charge in [0.25, 0.3) is 5.91 Å². The molecule has 1 atom stereocenters. The van der Waals surface area contributed by atoms with Crippen LogP contribution in [0.25, 0.3) is 0 Å². The molecule has 10 heteroatoms. The maximum atomic E-state index is 13.2. The Labute approximate surface area is 214 Å². The first-order valence-corrected chi connectivity index (χ1v) is 11.6. The van der Waals surface area contributed by atoms with Crippen molar-refractivity contribution in [2.24, 2.45) is 5.73 Å². The summed E-state index contributed by atoms with van der Waals surface area (Å²) in [5, 5.41) is 10.1. The number of amides is 1. The zero-order valence-electron chi connectivity index (χ0n) is 20.5. The van der Waals surface area contributed by atoms with Gasteiger partial charge in [0, 0.05) is 24.3 Å². The van der Waals surface area contributed by atoms with Crippen molar-refractivity contribution in [2.45, 2.75) is 5.92 Å². The number of carbonyl (C=O) groups excluding carboxylic acids is 3. The lowest BCUT2D eigenvalue weighted by molar-refractivity contribution is -0.139. The number of benzene rings is 2. The van der Waals surface area contributed by atoms with E-state index in [1.54, 1.807) is 59.5 Å². The number of anilines is 1. The molecule has 0 saturated carbocycles. The van der Waals surface area contributed by atoms with Crippen LogP contribution in [0.4, 0.5) is 5.69 Å². The van der Waals surface area contributed by atoms with Crippen molar-refractivity contribution in [1.29, 1.82) is 5.26 Å². The quantitative estimate of drug-likeness (QED) is 0.610. The van der Waals surface area contributed by atoms with Crippen molar-refractivity contribution in [3.05, 3.63) is 88.4 Å². The van der Waals surface area contributed by atoms with Gasteiger partial charge >= 0.3 is 11.9 Å². The Bertz CT molecular complexity index is 1320. The SMILES string of the molecule is COC(=O)C1=C(C(=O)OC)N(c2cccc(C(=O)N3CCOCC3)c2)C(N)=C(C#N)C1c1ccccc1. The fraction of sp³-hybridized carbons (Fsp3) is 0.259. The summed E-state index contributed by atoms with van der Waals surface area (Å²) >= 11 is 0. The lowest BCUT2D eigenvalue weighted by atomic mass is 9.81. The Hall–Kier alpha value is -4.62. The zero-order chi connectivity index (χ0) is 26.5. The van der Waals surface area contributed by atoms with Gasteiger partial charge < -0.3 is 24.8 Å². The molecule has 0 aliphatic carbocycles. The fourth-order valence-electron chi connectivity index (χ4n) is 4.51. The average Bonchev–Trinajstić information content (AvgIpc) is 2.96. The van der Waals surface area contributed by atoms with E-state index in [4.69, 9.17) is 19.9 Å². The summed E-state index contributed by atoms with van der Waals surface area (Å²) in [4.78, 5) is 42.4. The molecule has 1 amide bonds. The Morgan fingerprint density at radius 1 is 1.00 bits per heavy atom. The van der Waals surface area contributed by atoms with Crippen molar-refractivity contribution in [2.75, 3.05) is 45.4 Å². The summed E-state index contributed by atoms with van der Waals surface area (Å²) in [6.07, 6.45) is 0. The predicted octanol–water partition coefficient (Wildman–Crippen LogP) is 2.06. The third-order valence-corrected chi connectivity index (χ3v) is 6.26. The number of nitriles is 1. The Morgan fingerprint density at radius 3 is 2.30 bits per heavy atom. The lowest BCUT2D eigenvalue weighted by Crippen LogP contribution is -2.41. The number of morpholine rings is 1. The maximum absolute atomic E-state index is 13.2. The van der Waals surface area contributed by atoms with Crippen molar-refractivity contribution < 1.29 is 28.6 Å². The van der Waals surface area contributed by atoms with Crippen LogP contribution in [0.5, 0.6) is 0 Å². The third kappa shape index (κ3) is 4.77. The highest BCUT2D eigenvalue weighted by Crippen LogP contribution is 2.43. The molecule has 10 nitrogen and oxygen atoms in total. The fourth-order valence-corrected chi connectivity index (χ4v) is 4.51. The highest BCUT2D eigenvalue weighted by molar-refractivity contribution is 6.06. The number of hydrogen-bond donors (Lipinski definition) is 1. The number of ether oxygens (including phenoxy) is 3. The Morgan fingerprint density at radius 2 is 1.68 bits per heavy atom. The molecule has 0 spiro atoms. The first-order valence-electron chi connectivity index (χ1n) is 11.6. The topological polar surface area (TPSA) is 135 Å². The van der Waals surface area contributed by atoms with E-state index in [9.17, 15) is 19.6 Å². The maximum Gasteiger partial charge on any atom is 0.355 e. The number of nitrogens with zero attached hydrogens (tertiary/aromatic N) is 3. The molecular formula is C27H26N4O6. The number of methoxy groups -OCH3 is 2. The summed E-state index contributed by atoms with van der Waals surface area (Å²) in [7, 11) is 2.37. The first-order chi connectivity index (χ1) is 17.9. The first kappa shape index (κ1) is 25.5. The smallest absolute Gasteiger partial charge is 0.355 e. The van der Waals surface area contributed by atoms with Crippen molar-refractivity contribution in [1.82, 2.24) is 4.90 Å². The lowest BCUT2D eigenvalue weighted by Gasteiger charge is -2.36. The van der Waals surface area contributed by atoms with Crippen molar-refractivity contribution in [3.63, 3.8) is 0 Å². The number of carbonyl (C=O) groups is 3. The third-order valence-electron chi connectivity index (χ3n) is 6.26. The molecule has 4 rings (SSSR count). The second-order valence-corrected chi connectivity index (χ2v) is 8.29. The predicted molar refractivity (Wildman–Crippen MR) is 133 cm³/mol. The van der Waals surface area contributed by atoms with Crippen LogP contribution in [0.2, 0.25) is 0 Å². The van der Waals surface area contributed by atoms with Crippen LogP contribution in [0, 0.1) is 11.3 Å². The van der Waals surface area contributed by atoms with Gasteiger partial charge in [-0.05, 0) is 23.8 Å². The molecule has 2 aromatic carbocycles. The molecule has 1 saturated heterocycles. The van der Waals surface area contributed by atoms with Gasteiger partial charge in [0.1, 0.15) is 11.5 Å². The van der Waals surface area contributed by atoms with E-state index in [2.05, 4.69) is 6.07 Å².